The van der Waals surface area contributed by atoms with E-state index in [0.29, 0.717) is 5.69 Å². The zero-order valence-corrected chi connectivity index (χ0v) is 9.48. The van der Waals surface area contributed by atoms with E-state index in [9.17, 15) is 0 Å². The maximum Gasteiger partial charge on any atom is 0.0589 e. The first-order valence-corrected chi connectivity index (χ1v) is 5.36. The van der Waals surface area contributed by atoms with Crippen molar-refractivity contribution < 1.29 is 0 Å². The fourth-order valence-electron chi connectivity index (χ4n) is 2.25. The lowest BCUT2D eigenvalue weighted by Crippen LogP contribution is -2.02. The van der Waals surface area contributed by atoms with E-state index in [1.807, 2.05) is 6.07 Å². The van der Waals surface area contributed by atoms with Crippen LogP contribution in [0.5, 0.6) is 0 Å². The Balaban J connectivity index is 0.000000514. The standard InChI is InChI=1S/C13H12N2.H4N2/c14-12-6-5-10-9-4-2-1-3-8(9)7-11(10)13(12)15;1-2/h1-6H,7,14-15H2;1-2H2. The summed E-state index contributed by atoms with van der Waals surface area (Å²) < 4.78 is 0. The SMILES string of the molecule is NN.Nc1ccc2c(c1N)Cc1ccccc1-2. The molecule has 8 N–H and O–H groups in total. The molecular formula is C13H16N4. The van der Waals surface area contributed by atoms with Gasteiger partial charge in [-0.2, -0.15) is 0 Å². The molecule has 4 heteroatoms. The Kier molecular flexibility index (Phi) is 2.99. The lowest BCUT2D eigenvalue weighted by molar-refractivity contribution is 1.26. The van der Waals surface area contributed by atoms with Gasteiger partial charge in [0.2, 0.25) is 0 Å². The quantitative estimate of drug-likeness (QED) is 0.264. The maximum absolute atomic E-state index is 5.99. The third kappa shape index (κ3) is 1.73. The summed E-state index contributed by atoms with van der Waals surface area (Å²) in [5, 5.41) is 0. The largest absolute Gasteiger partial charge is 0.397 e. The molecule has 2 aromatic carbocycles. The van der Waals surface area contributed by atoms with Crippen LogP contribution in [0.3, 0.4) is 0 Å². The molecule has 0 saturated carbocycles. The highest BCUT2D eigenvalue weighted by molar-refractivity contribution is 5.85. The lowest BCUT2D eigenvalue weighted by Gasteiger charge is -2.06. The number of benzene rings is 2. The molecular weight excluding hydrogens is 212 g/mol. The van der Waals surface area contributed by atoms with Gasteiger partial charge in [-0.25, -0.2) is 0 Å². The van der Waals surface area contributed by atoms with Crippen LogP contribution in [0, 0.1) is 0 Å². The number of hydrogen-bond acceptors (Lipinski definition) is 4. The van der Waals surface area contributed by atoms with Gasteiger partial charge >= 0.3 is 0 Å². The van der Waals surface area contributed by atoms with Crippen molar-refractivity contribution in [1.82, 2.24) is 0 Å². The predicted octanol–water partition coefficient (Wildman–Crippen LogP) is 1.24. The average Bonchev–Trinajstić information content (AvgIpc) is 2.76. The van der Waals surface area contributed by atoms with Crippen LogP contribution in [-0.2, 0) is 6.42 Å². The molecule has 3 rings (SSSR count). The first-order valence-electron chi connectivity index (χ1n) is 5.36. The summed E-state index contributed by atoms with van der Waals surface area (Å²) in [6.45, 7) is 0. The molecule has 1 aliphatic rings. The van der Waals surface area contributed by atoms with Gasteiger partial charge in [0.25, 0.3) is 0 Å². The normalized spacial score (nSPS) is 11.2. The molecule has 0 fully saturated rings. The van der Waals surface area contributed by atoms with Crippen molar-refractivity contribution in [1.29, 1.82) is 0 Å². The van der Waals surface area contributed by atoms with E-state index in [-0.39, 0.29) is 0 Å². The van der Waals surface area contributed by atoms with Crippen molar-refractivity contribution in [3.05, 3.63) is 47.5 Å². The Bertz CT molecular complexity index is 549. The summed E-state index contributed by atoms with van der Waals surface area (Å²) in [7, 11) is 0. The molecule has 0 unspecified atom stereocenters. The molecule has 0 bridgehead atoms. The van der Waals surface area contributed by atoms with Gasteiger partial charge < -0.3 is 11.5 Å². The van der Waals surface area contributed by atoms with Crippen LogP contribution in [0.25, 0.3) is 11.1 Å². The Morgan fingerprint density at radius 2 is 1.53 bits per heavy atom. The zero-order valence-electron chi connectivity index (χ0n) is 9.48. The van der Waals surface area contributed by atoms with Crippen molar-refractivity contribution in [2.24, 2.45) is 11.7 Å². The number of anilines is 2. The van der Waals surface area contributed by atoms with Gasteiger partial charge in [-0.15, -0.1) is 0 Å². The van der Waals surface area contributed by atoms with E-state index < -0.39 is 0 Å². The smallest absolute Gasteiger partial charge is 0.0589 e. The first-order chi connectivity index (χ1) is 8.27. The van der Waals surface area contributed by atoms with Crippen LogP contribution < -0.4 is 23.2 Å². The van der Waals surface area contributed by atoms with Crippen LogP contribution in [0.4, 0.5) is 11.4 Å². The summed E-state index contributed by atoms with van der Waals surface area (Å²) in [6, 6.07) is 12.3. The van der Waals surface area contributed by atoms with Gasteiger partial charge in [-0.05, 0) is 28.3 Å². The number of nitrogens with two attached hydrogens (primary N) is 4. The van der Waals surface area contributed by atoms with Crippen molar-refractivity contribution in [2.45, 2.75) is 6.42 Å². The highest BCUT2D eigenvalue weighted by atomic mass is 15.0. The van der Waals surface area contributed by atoms with Gasteiger partial charge in [0, 0.05) is 6.42 Å². The van der Waals surface area contributed by atoms with Crippen molar-refractivity contribution in [3.63, 3.8) is 0 Å². The molecule has 0 atom stereocenters. The molecule has 0 radical (unpaired) electrons. The molecule has 0 amide bonds. The Hall–Kier alpha value is -2.04. The average molecular weight is 228 g/mol. The molecule has 88 valence electrons. The van der Waals surface area contributed by atoms with Gasteiger partial charge in [-0.3, -0.25) is 11.7 Å². The number of hydrazine groups is 1. The second-order valence-electron chi connectivity index (χ2n) is 3.93. The number of rotatable bonds is 0. The molecule has 0 aliphatic heterocycles. The Morgan fingerprint density at radius 1 is 0.824 bits per heavy atom. The number of nitrogen functional groups attached to an aromatic ring is 2. The minimum atomic E-state index is 0.682. The summed E-state index contributed by atoms with van der Waals surface area (Å²) in [4.78, 5) is 0. The predicted molar refractivity (Wildman–Crippen MR) is 71.9 cm³/mol. The van der Waals surface area contributed by atoms with Crippen molar-refractivity contribution in [3.8, 4) is 11.1 Å². The second kappa shape index (κ2) is 4.45. The van der Waals surface area contributed by atoms with Crippen LogP contribution in [-0.4, -0.2) is 0 Å². The van der Waals surface area contributed by atoms with E-state index in [4.69, 9.17) is 11.5 Å². The van der Waals surface area contributed by atoms with E-state index in [1.165, 1.54) is 22.3 Å². The fraction of sp³-hybridized carbons (Fsp3) is 0.0769. The lowest BCUT2D eigenvalue weighted by atomic mass is 10.0. The van der Waals surface area contributed by atoms with Crippen LogP contribution in [0.2, 0.25) is 0 Å². The fourth-order valence-corrected chi connectivity index (χ4v) is 2.25. The Labute approximate surface area is 100 Å². The van der Waals surface area contributed by atoms with Gasteiger partial charge in [0.15, 0.2) is 0 Å². The molecule has 0 saturated heterocycles. The summed E-state index contributed by atoms with van der Waals surface area (Å²) in [5.74, 6) is 8.00. The monoisotopic (exact) mass is 228 g/mol. The highest BCUT2D eigenvalue weighted by Gasteiger charge is 2.20. The van der Waals surface area contributed by atoms with Crippen LogP contribution in [0.1, 0.15) is 11.1 Å². The van der Waals surface area contributed by atoms with Gasteiger partial charge in [0.1, 0.15) is 0 Å². The molecule has 1 aliphatic carbocycles. The van der Waals surface area contributed by atoms with Crippen molar-refractivity contribution >= 4 is 11.4 Å². The number of fused-ring (bicyclic) bond motifs is 3. The van der Waals surface area contributed by atoms with Gasteiger partial charge in [0.05, 0.1) is 11.4 Å². The summed E-state index contributed by atoms with van der Waals surface area (Å²) >= 11 is 0. The third-order valence-electron chi connectivity index (χ3n) is 3.07. The maximum atomic E-state index is 5.99. The topological polar surface area (TPSA) is 104 Å². The summed E-state index contributed by atoms with van der Waals surface area (Å²) in [6.07, 6.45) is 0.905. The van der Waals surface area contributed by atoms with E-state index >= 15 is 0 Å². The Morgan fingerprint density at radius 3 is 2.29 bits per heavy atom. The van der Waals surface area contributed by atoms with E-state index in [2.05, 4.69) is 42.0 Å². The van der Waals surface area contributed by atoms with Crippen LogP contribution >= 0.6 is 0 Å². The molecule has 17 heavy (non-hydrogen) atoms. The second-order valence-corrected chi connectivity index (χ2v) is 3.93. The van der Waals surface area contributed by atoms with E-state index in [0.717, 1.165) is 12.1 Å². The minimum Gasteiger partial charge on any atom is -0.397 e. The van der Waals surface area contributed by atoms with Gasteiger partial charge in [-0.1, -0.05) is 30.3 Å². The molecule has 2 aromatic rings. The third-order valence-corrected chi connectivity index (χ3v) is 3.07. The molecule has 0 aromatic heterocycles. The highest BCUT2D eigenvalue weighted by Crippen LogP contribution is 2.40. The van der Waals surface area contributed by atoms with Crippen molar-refractivity contribution in [2.75, 3.05) is 11.5 Å². The minimum absolute atomic E-state index is 0.682. The molecule has 0 heterocycles. The van der Waals surface area contributed by atoms with E-state index in [1.54, 1.807) is 0 Å². The summed E-state index contributed by atoms with van der Waals surface area (Å²) in [5.41, 5.74) is 18.3. The molecule has 0 spiro atoms. The number of hydrogen-bond donors (Lipinski definition) is 4. The van der Waals surface area contributed by atoms with Crippen LogP contribution in [0.15, 0.2) is 36.4 Å². The first kappa shape index (κ1) is 11.4. The zero-order chi connectivity index (χ0) is 12.4. The molecule has 4 nitrogen and oxygen atoms in total.